The third kappa shape index (κ3) is 5.31. The zero-order valence-electron chi connectivity index (χ0n) is 14.3. The van der Waals surface area contributed by atoms with E-state index in [2.05, 4.69) is 5.32 Å². The third-order valence-electron chi connectivity index (χ3n) is 3.83. The van der Waals surface area contributed by atoms with Crippen LogP contribution < -0.4 is 10.1 Å². The number of nitrogens with zero attached hydrogens (tertiary/aromatic N) is 1. The quantitative estimate of drug-likeness (QED) is 0.729. The highest BCUT2D eigenvalue weighted by atomic mass is 35.5. The fraction of sp³-hybridized carbons (Fsp3) is 0.562. The highest BCUT2D eigenvalue weighted by molar-refractivity contribution is 7.89. The van der Waals surface area contributed by atoms with Crippen molar-refractivity contribution in [2.45, 2.75) is 30.8 Å². The van der Waals surface area contributed by atoms with Gasteiger partial charge in [0.2, 0.25) is 15.9 Å². The van der Waals surface area contributed by atoms with Crippen molar-refractivity contribution >= 4 is 27.5 Å². The van der Waals surface area contributed by atoms with E-state index < -0.39 is 10.0 Å². The Morgan fingerprint density at radius 3 is 2.84 bits per heavy atom. The van der Waals surface area contributed by atoms with Crippen LogP contribution in [0.3, 0.4) is 0 Å². The summed E-state index contributed by atoms with van der Waals surface area (Å²) in [5, 5.41) is 2.91. The monoisotopic (exact) mass is 390 g/mol. The van der Waals surface area contributed by atoms with Gasteiger partial charge in [-0.15, -0.1) is 0 Å². The normalized spacial score (nSPS) is 17.7. The minimum absolute atomic E-state index is 0.00961. The molecule has 1 saturated heterocycles. The highest BCUT2D eigenvalue weighted by Gasteiger charge is 2.24. The number of amides is 1. The van der Waals surface area contributed by atoms with Gasteiger partial charge in [0.25, 0.3) is 0 Å². The molecular weight excluding hydrogens is 368 g/mol. The number of hydrogen-bond donors (Lipinski definition) is 1. The summed E-state index contributed by atoms with van der Waals surface area (Å²) in [7, 11) is -2.47. The van der Waals surface area contributed by atoms with Crippen LogP contribution in [-0.4, -0.2) is 58.1 Å². The van der Waals surface area contributed by atoms with Crippen molar-refractivity contribution in [3.8, 4) is 5.75 Å². The third-order valence-corrected chi connectivity index (χ3v) is 5.92. The molecule has 9 heteroatoms. The van der Waals surface area contributed by atoms with Crippen LogP contribution in [0.15, 0.2) is 23.1 Å². The summed E-state index contributed by atoms with van der Waals surface area (Å²) < 4.78 is 36.8. The second-order valence-corrected chi connectivity index (χ2v) is 8.18. The van der Waals surface area contributed by atoms with Crippen molar-refractivity contribution in [1.82, 2.24) is 9.62 Å². The van der Waals surface area contributed by atoms with Gasteiger partial charge in [0.1, 0.15) is 5.75 Å². The molecule has 1 aromatic rings. The van der Waals surface area contributed by atoms with Gasteiger partial charge >= 0.3 is 0 Å². The summed E-state index contributed by atoms with van der Waals surface area (Å²) in [5.74, 6) is 0.0404. The molecule has 25 heavy (non-hydrogen) atoms. The summed E-state index contributed by atoms with van der Waals surface area (Å²) >= 11 is 6.05. The van der Waals surface area contributed by atoms with E-state index >= 15 is 0 Å². The first kappa shape index (κ1) is 20.0. The lowest BCUT2D eigenvalue weighted by Crippen LogP contribution is -2.40. The molecular formula is C16H23ClN2O5S. The molecule has 140 valence electrons. The van der Waals surface area contributed by atoms with Gasteiger partial charge in [-0.05, 0) is 38.0 Å². The van der Waals surface area contributed by atoms with Crippen LogP contribution in [0, 0.1) is 0 Å². The largest absolute Gasteiger partial charge is 0.492 e. The van der Waals surface area contributed by atoms with Crippen LogP contribution in [0.1, 0.15) is 19.8 Å². The Labute approximate surface area is 153 Å². The Morgan fingerprint density at radius 2 is 2.24 bits per heavy atom. The van der Waals surface area contributed by atoms with E-state index in [1.54, 1.807) is 0 Å². The maximum atomic E-state index is 12.6. The summed E-state index contributed by atoms with van der Waals surface area (Å²) in [4.78, 5) is 12.0. The number of ether oxygens (including phenoxy) is 2. The Bertz CT molecular complexity index is 704. The lowest BCUT2D eigenvalue weighted by atomic mass is 10.2. The first-order valence-corrected chi connectivity index (χ1v) is 9.93. The van der Waals surface area contributed by atoms with Gasteiger partial charge in [-0.2, -0.15) is 4.31 Å². The van der Waals surface area contributed by atoms with E-state index in [-0.39, 0.29) is 28.5 Å². The van der Waals surface area contributed by atoms with Crippen LogP contribution in [-0.2, 0) is 19.6 Å². The van der Waals surface area contributed by atoms with Crippen molar-refractivity contribution in [2.75, 3.05) is 33.4 Å². The number of sulfonamides is 1. The lowest BCUT2D eigenvalue weighted by molar-refractivity contribution is -0.121. The molecule has 0 spiro atoms. The zero-order valence-corrected chi connectivity index (χ0v) is 15.9. The van der Waals surface area contributed by atoms with Crippen LogP contribution >= 0.6 is 11.6 Å². The SMILES string of the molecule is CCOc1ccc(S(=O)(=O)N(C)CC(=O)NC[C@@H]2CCCO2)cc1Cl. The molecule has 1 N–H and O–H groups in total. The lowest BCUT2D eigenvalue weighted by Gasteiger charge is -2.18. The molecule has 0 bridgehead atoms. The Hall–Kier alpha value is -1.35. The van der Waals surface area contributed by atoms with Gasteiger partial charge in [0.15, 0.2) is 0 Å². The molecule has 1 fully saturated rings. The summed E-state index contributed by atoms with van der Waals surface area (Å²) in [6.07, 6.45) is 1.89. The standard InChI is InChI=1S/C16H23ClN2O5S/c1-3-23-15-7-6-13(9-14(15)17)25(21,22)19(2)11-16(20)18-10-12-5-4-8-24-12/h6-7,9,12H,3-5,8,10-11H2,1-2H3,(H,18,20)/t12-/m0/s1. The number of rotatable bonds is 8. The minimum Gasteiger partial charge on any atom is -0.492 e. The molecule has 1 amide bonds. The fourth-order valence-corrected chi connectivity index (χ4v) is 3.92. The van der Waals surface area contributed by atoms with Gasteiger partial charge in [-0.3, -0.25) is 4.79 Å². The fourth-order valence-electron chi connectivity index (χ4n) is 2.47. The second kappa shape index (κ2) is 8.84. The van der Waals surface area contributed by atoms with E-state index in [1.807, 2.05) is 6.92 Å². The van der Waals surface area contributed by atoms with E-state index in [0.717, 1.165) is 17.1 Å². The number of hydrogen-bond acceptors (Lipinski definition) is 5. The van der Waals surface area contributed by atoms with Gasteiger partial charge in [0, 0.05) is 20.2 Å². The first-order valence-electron chi connectivity index (χ1n) is 8.11. The molecule has 7 nitrogen and oxygen atoms in total. The van der Waals surface area contributed by atoms with Crippen molar-refractivity contribution < 1.29 is 22.7 Å². The Kier molecular flexibility index (Phi) is 7.06. The molecule has 2 rings (SSSR count). The second-order valence-electron chi connectivity index (χ2n) is 5.73. The van der Waals surface area contributed by atoms with Gasteiger partial charge < -0.3 is 14.8 Å². The molecule has 0 aliphatic carbocycles. The molecule has 1 aliphatic rings. The molecule has 1 aromatic carbocycles. The number of benzene rings is 1. The van der Waals surface area contributed by atoms with Gasteiger partial charge in [-0.25, -0.2) is 8.42 Å². The Morgan fingerprint density at radius 1 is 1.48 bits per heavy atom. The summed E-state index contributed by atoms with van der Waals surface area (Å²) in [6, 6.07) is 4.24. The van der Waals surface area contributed by atoms with Crippen molar-refractivity contribution in [2.24, 2.45) is 0 Å². The predicted octanol–water partition coefficient (Wildman–Crippen LogP) is 1.65. The zero-order chi connectivity index (χ0) is 18.4. The molecule has 1 aliphatic heterocycles. The van der Waals surface area contributed by atoms with Crippen LogP contribution in [0.5, 0.6) is 5.75 Å². The van der Waals surface area contributed by atoms with Gasteiger partial charge in [-0.1, -0.05) is 11.6 Å². The molecule has 0 saturated carbocycles. The maximum Gasteiger partial charge on any atom is 0.243 e. The number of likely N-dealkylation sites (N-methyl/N-ethyl adjacent to an activating group) is 1. The summed E-state index contributed by atoms with van der Waals surface area (Å²) in [6.45, 7) is 3.05. The average Bonchev–Trinajstić information content (AvgIpc) is 3.08. The molecule has 0 aromatic heterocycles. The van der Waals surface area contributed by atoms with Crippen molar-refractivity contribution in [1.29, 1.82) is 0 Å². The van der Waals surface area contributed by atoms with Crippen LogP contribution in [0.25, 0.3) is 0 Å². The van der Waals surface area contributed by atoms with E-state index in [9.17, 15) is 13.2 Å². The molecule has 0 radical (unpaired) electrons. The molecule has 1 atom stereocenters. The maximum absolute atomic E-state index is 12.6. The minimum atomic E-state index is -3.82. The molecule has 1 heterocycles. The number of nitrogens with one attached hydrogen (secondary N) is 1. The van der Waals surface area contributed by atoms with Crippen LogP contribution in [0.2, 0.25) is 5.02 Å². The average molecular weight is 391 g/mol. The first-order chi connectivity index (χ1) is 11.8. The summed E-state index contributed by atoms with van der Waals surface area (Å²) in [5.41, 5.74) is 0. The van der Waals surface area contributed by atoms with E-state index in [1.165, 1.54) is 25.2 Å². The van der Waals surface area contributed by atoms with Crippen molar-refractivity contribution in [3.63, 3.8) is 0 Å². The molecule has 0 unspecified atom stereocenters. The van der Waals surface area contributed by atoms with Crippen molar-refractivity contribution in [3.05, 3.63) is 23.2 Å². The predicted molar refractivity (Wildman–Crippen MR) is 94.4 cm³/mol. The van der Waals surface area contributed by atoms with E-state index in [0.29, 0.717) is 25.5 Å². The number of carbonyl (C=O) groups is 1. The Balaban J connectivity index is 1.97. The number of carbonyl (C=O) groups excluding carboxylic acids is 1. The topological polar surface area (TPSA) is 84.9 Å². The number of halogens is 1. The van der Waals surface area contributed by atoms with Gasteiger partial charge in [0.05, 0.1) is 29.2 Å². The highest BCUT2D eigenvalue weighted by Crippen LogP contribution is 2.28. The smallest absolute Gasteiger partial charge is 0.243 e. The van der Waals surface area contributed by atoms with Crippen LogP contribution in [0.4, 0.5) is 0 Å². The van der Waals surface area contributed by atoms with E-state index in [4.69, 9.17) is 21.1 Å².